The van der Waals surface area contributed by atoms with Crippen molar-refractivity contribution in [1.82, 2.24) is 15.0 Å². The molecule has 0 bridgehead atoms. The number of nitrogens with zero attached hydrogens (tertiary/aromatic N) is 3. The Bertz CT molecular complexity index is 706. The van der Waals surface area contributed by atoms with Crippen molar-refractivity contribution in [2.45, 2.75) is 13.2 Å². The number of ether oxygens (including phenoxy) is 2. The van der Waals surface area contributed by atoms with Crippen molar-refractivity contribution >= 4 is 0 Å². The van der Waals surface area contributed by atoms with Crippen LogP contribution in [0.25, 0.3) is 22.8 Å². The molecule has 0 radical (unpaired) electrons. The maximum atomic E-state index is 5.77. The van der Waals surface area contributed by atoms with Crippen LogP contribution in [0.2, 0.25) is 0 Å². The zero-order valence-corrected chi connectivity index (χ0v) is 13.0. The molecule has 0 aliphatic rings. The molecule has 0 aliphatic carbocycles. The maximum Gasteiger partial charge on any atom is 0.196 e. The largest absolute Gasteiger partial charge is 0.465 e. The van der Waals surface area contributed by atoms with E-state index in [4.69, 9.17) is 9.47 Å². The summed E-state index contributed by atoms with van der Waals surface area (Å²) >= 11 is 0. The summed E-state index contributed by atoms with van der Waals surface area (Å²) in [5.74, 6) is 0.663. The van der Waals surface area contributed by atoms with E-state index < -0.39 is 0 Å². The Balaban J connectivity index is 2.07. The molecule has 1 unspecified atom stereocenters. The monoisotopic (exact) mass is 307 g/mol. The van der Waals surface area contributed by atoms with Crippen LogP contribution < -0.4 is 4.74 Å². The molecule has 0 fully saturated rings. The lowest BCUT2D eigenvalue weighted by atomic mass is 10.2. The van der Waals surface area contributed by atoms with Crippen molar-refractivity contribution in [3.63, 3.8) is 0 Å². The van der Waals surface area contributed by atoms with Gasteiger partial charge in [-0.25, -0.2) is 4.98 Å². The number of hydrogen-bond donors (Lipinski definition) is 0. The third kappa shape index (κ3) is 3.70. The summed E-state index contributed by atoms with van der Waals surface area (Å²) in [6, 6.07) is 15.1. The first-order chi connectivity index (χ1) is 11.3. The summed E-state index contributed by atoms with van der Waals surface area (Å²) in [5.41, 5.74) is 3.01. The molecule has 3 aromatic heterocycles. The fraction of sp³-hybridized carbons (Fsp3) is 0.167. The van der Waals surface area contributed by atoms with Crippen LogP contribution in [0.1, 0.15) is 6.92 Å². The van der Waals surface area contributed by atoms with Gasteiger partial charge in [0.15, 0.2) is 6.29 Å². The first kappa shape index (κ1) is 15.1. The predicted molar refractivity (Wildman–Crippen MR) is 87.8 cm³/mol. The minimum Gasteiger partial charge on any atom is -0.465 e. The molecule has 5 nitrogen and oxygen atoms in total. The van der Waals surface area contributed by atoms with Crippen molar-refractivity contribution in [2.24, 2.45) is 0 Å². The van der Waals surface area contributed by atoms with Crippen LogP contribution in [0.3, 0.4) is 0 Å². The molecule has 0 N–H and O–H groups in total. The van der Waals surface area contributed by atoms with Crippen molar-refractivity contribution in [2.75, 3.05) is 7.11 Å². The van der Waals surface area contributed by atoms with Gasteiger partial charge >= 0.3 is 0 Å². The first-order valence-corrected chi connectivity index (χ1v) is 7.30. The van der Waals surface area contributed by atoms with E-state index in [0.717, 1.165) is 22.8 Å². The molecule has 3 heterocycles. The molecule has 3 aromatic rings. The van der Waals surface area contributed by atoms with Gasteiger partial charge in [0.2, 0.25) is 0 Å². The average molecular weight is 307 g/mol. The molecule has 0 amide bonds. The normalized spacial score (nSPS) is 11.9. The van der Waals surface area contributed by atoms with Crippen LogP contribution in [0.15, 0.2) is 60.9 Å². The second-order valence-corrected chi connectivity index (χ2v) is 4.92. The lowest BCUT2D eigenvalue weighted by Crippen LogP contribution is -2.13. The van der Waals surface area contributed by atoms with Crippen LogP contribution in [0, 0.1) is 0 Å². The molecular weight excluding hydrogens is 290 g/mol. The lowest BCUT2D eigenvalue weighted by molar-refractivity contribution is -0.0382. The second-order valence-electron chi connectivity index (χ2n) is 4.92. The van der Waals surface area contributed by atoms with Gasteiger partial charge in [0.25, 0.3) is 0 Å². The molecule has 0 aromatic carbocycles. The van der Waals surface area contributed by atoms with Crippen molar-refractivity contribution in [3.05, 3.63) is 60.9 Å². The lowest BCUT2D eigenvalue weighted by Gasteiger charge is -2.14. The summed E-state index contributed by atoms with van der Waals surface area (Å²) < 4.78 is 10.9. The Morgan fingerprint density at radius 1 is 0.826 bits per heavy atom. The number of hydrogen-bond acceptors (Lipinski definition) is 5. The van der Waals surface area contributed by atoms with Gasteiger partial charge < -0.3 is 9.47 Å². The minimum atomic E-state index is -0.356. The summed E-state index contributed by atoms with van der Waals surface area (Å²) in [5, 5.41) is 0. The fourth-order valence-electron chi connectivity index (χ4n) is 2.10. The molecule has 0 aliphatic heterocycles. The highest BCUT2D eigenvalue weighted by molar-refractivity contribution is 5.64. The summed E-state index contributed by atoms with van der Waals surface area (Å²) in [6.45, 7) is 1.83. The molecular formula is C18H17N3O2. The Morgan fingerprint density at radius 2 is 1.39 bits per heavy atom. The molecule has 0 spiro atoms. The smallest absolute Gasteiger partial charge is 0.196 e. The standard InChI is InChI=1S/C18H17N3O2/c1-13(22-2)23-14-11-17(15-7-3-5-9-19-15)21-18(12-14)16-8-4-6-10-20-16/h3-13H,1-2H3. The van der Waals surface area contributed by atoms with Crippen LogP contribution in [0.4, 0.5) is 0 Å². The Labute approximate surface area is 135 Å². The molecule has 0 saturated carbocycles. The van der Waals surface area contributed by atoms with E-state index in [0.29, 0.717) is 5.75 Å². The second kappa shape index (κ2) is 6.98. The van der Waals surface area contributed by atoms with E-state index in [1.54, 1.807) is 19.5 Å². The number of aromatic nitrogens is 3. The van der Waals surface area contributed by atoms with Crippen molar-refractivity contribution in [1.29, 1.82) is 0 Å². The molecule has 1 atom stereocenters. The molecule has 116 valence electrons. The third-order valence-electron chi connectivity index (χ3n) is 3.29. The zero-order chi connectivity index (χ0) is 16.1. The van der Waals surface area contributed by atoms with E-state index in [2.05, 4.69) is 15.0 Å². The van der Waals surface area contributed by atoms with E-state index in [1.807, 2.05) is 55.5 Å². The first-order valence-electron chi connectivity index (χ1n) is 7.30. The van der Waals surface area contributed by atoms with Crippen LogP contribution >= 0.6 is 0 Å². The van der Waals surface area contributed by atoms with Gasteiger partial charge in [-0.05, 0) is 31.2 Å². The van der Waals surface area contributed by atoms with Gasteiger partial charge in [0.1, 0.15) is 5.75 Å². The summed E-state index contributed by atoms with van der Waals surface area (Å²) in [7, 11) is 1.60. The van der Waals surface area contributed by atoms with E-state index in [-0.39, 0.29) is 6.29 Å². The van der Waals surface area contributed by atoms with Crippen molar-refractivity contribution in [3.8, 4) is 28.5 Å². The van der Waals surface area contributed by atoms with E-state index in [1.165, 1.54) is 0 Å². The number of pyridine rings is 3. The third-order valence-corrected chi connectivity index (χ3v) is 3.29. The zero-order valence-electron chi connectivity index (χ0n) is 13.0. The van der Waals surface area contributed by atoms with Crippen LogP contribution in [-0.4, -0.2) is 28.4 Å². The highest BCUT2D eigenvalue weighted by atomic mass is 16.7. The van der Waals surface area contributed by atoms with Gasteiger partial charge in [-0.1, -0.05) is 12.1 Å². The fourth-order valence-corrected chi connectivity index (χ4v) is 2.10. The van der Waals surface area contributed by atoms with Gasteiger partial charge in [-0.3, -0.25) is 9.97 Å². The maximum absolute atomic E-state index is 5.77. The molecule has 0 saturated heterocycles. The van der Waals surface area contributed by atoms with E-state index in [9.17, 15) is 0 Å². The summed E-state index contributed by atoms with van der Waals surface area (Å²) in [6.07, 6.45) is 3.12. The van der Waals surface area contributed by atoms with Gasteiger partial charge in [-0.15, -0.1) is 0 Å². The van der Waals surface area contributed by atoms with Crippen LogP contribution in [-0.2, 0) is 4.74 Å². The quantitative estimate of drug-likeness (QED) is 0.674. The van der Waals surface area contributed by atoms with Crippen molar-refractivity contribution < 1.29 is 9.47 Å². The van der Waals surface area contributed by atoms with Crippen LogP contribution in [0.5, 0.6) is 5.75 Å². The Hall–Kier alpha value is -2.79. The number of rotatable bonds is 5. The Morgan fingerprint density at radius 3 is 1.83 bits per heavy atom. The van der Waals surface area contributed by atoms with Gasteiger partial charge in [0, 0.05) is 31.6 Å². The van der Waals surface area contributed by atoms with Gasteiger partial charge in [0.05, 0.1) is 22.8 Å². The topological polar surface area (TPSA) is 57.1 Å². The predicted octanol–water partition coefficient (Wildman–Crippen LogP) is 3.58. The highest BCUT2D eigenvalue weighted by Gasteiger charge is 2.11. The molecule has 3 rings (SSSR count). The van der Waals surface area contributed by atoms with Gasteiger partial charge in [-0.2, -0.15) is 0 Å². The average Bonchev–Trinajstić information content (AvgIpc) is 2.63. The minimum absolute atomic E-state index is 0.356. The molecule has 5 heteroatoms. The Kier molecular flexibility index (Phi) is 4.59. The molecule has 23 heavy (non-hydrogen) atoms. The van der Waals surface area contributed by atoms with E-state index >= 15 is 0 Å². The number of methoxy groups -OCH3 is 1. The summed E-state index contributed by atoms with van der Waals surface area (Å²) in [4.78, 5) is 13.4. The highest BCUT2D eigenvalue weighted by Crippen LogP contribution is 2.27. The SMILES string of the molecule is COC(C)Oc1cc(-c2ccccn2)nc(-c2ccccn2)c1.